The number of amides is 2. The molecule has 2 N–H and O–H groups in total. The molecule has 0 unspecified atom stereocenters. The lowest BCUT2D eigenvalue weighted by molar-refractivity contribution is -0.121. The molecule has 0 aromatic heterocycles. The third kappa shape index (κ3) is 3.59. The minimum atomic E-state index is -1.14. The molecular formula is C15H20N2O4. The van der Waals surface area contributed by atoms with Crippen LogP contribution in [0.1, 0.15) is 38.8 Å². The maximum Gasteiger partial charge on any atom is 0.336 e. The van der Waals surface area contributed by atoms with Crippen LogP contribution >= 0.6 is 0 Å². The van der Waals surface area contributed by atoms with Crippen LogP contribution in [0.2, 0.25) is 0 Å². The minimum Gasteiger partial charge on any atom is -0.478 e. The Morgan fingerprint density at radius 1 is 1.14 bits per heavy atom. The van der Waals surface area contributed by atoms with Crippen LogP contribution in [-0.4, -0.2) is 47.9 Å². The van der Waals surface area contributed by atoms with Crippen molar-refractivity contribution in [3.8, 4) is 0 Å². The maximum absolute atomic E-state index is 12.6. The molecule has 0 heterocycles. The molecule has 0 aliphatic heterocycles. The number of carbonyl (C=O) groups is 3. The fourth-order valence-corrected chi connectivity index (χ4v) is 2.10. The summed E-state index contributed by atoms with van der Waals surface area (Å²) in [6, 6.07) is 3.38. The number of aromatic carboxylic acids is 1. The zero-order chi connectivity index (χ0) is 16.2. The monoisotopic (exact) mass is 292 g/mol. The SMILES string of the molecule is CCN(CC(=O)NC)C(=O)c1c(C)ccc(C)c1C(=O)O. The fourth-order valence-electron chi connectivity index (χ4n) is 2.10. The van der Waals surface area contributed by atoms with Crippen LogP contribution in [0.25, 0.3) is 0 Å². The first-order chi connectivity index (χ1) is 9.83. The molecule has 0 aliphatic rings. The molecule has 6 heteroatoms. The van der Waals surface area contributed by atoms with Gasteiger partial charge in [-0.3, -0.25) is 9.59 Å². The number of carbonyl (C=O) groups excluding carboxylic acids is 2. The molecule has 114 valence electrons. The molecule has 1 aromatic rings. The van der Waals surface area contributed by atoms with E-state index in [1.54, 1.807) is 32.9 Å². The van der Waals surface area contributed by atoms with Crippen LogP contribution in [0.3, 0.4) is 0 Å². The number of hydrogen-bond acceptors (Lipinski definition) is 3. The van der Waals surface area contributed by atoms with Gasteiger partial charge in [-0.15, -0.1) is 0 Å². The Bertz CT molecular complexity index is 581. The number of nitrogens with one attached hydrogen (secondary N) is 1. The molecule has 0 atom stereocenters. The minimum absolute atomic E-state index is 0.00430. The lowest BCUT2D eigenvalue weighted by atomic mass is 9.96. The van der Waals surface area contributed by atoms with Gasteiger partial charge >= 0.3 is 5.97 Å². The number of rotatable bonds is 5. The number of benzene rings is 1. The molecule has 1 rings (SSSR count). The largest absolute Gasteiger partial charge is 0.478 e. The van der Waals surface area contributed by atoms with E-state index < -0.39 is 11.9 Å². The van der Waals surface area contributed by atoms with Gasteiger partial charge in [0, 0.05) is 13.6 Å². The Kier molecular flexibility index (Phi) is 5.46. The number of hydrogen-bond donors (Lipinski definition) is 2. The molecule has 0 fully saturated rings. The van der Waals surface area contributed by atoms with Gasteiger partial charge in [-0.1, -0.05) is 12.1 Å². The van der Waals surface area contributed by atoms with E-state index in [-0.39, 0.29) is 23.6 Å². The highest BCUT2D eigenvalue weighted by Crippen LogP contribution is 2.20. The van der Waals surface area contributed by atoms with Gasteiger partial charge in [0.25, 0.3) is 5.91 Å². The van der Waals surface area contributed by atoms with Crippen LogP contribution < -0.4 is 5.32 Å². The van der Waals surface area contributed by atoms with Crippen molar-refractivity contribution in [1.29, 1.82) is 0 Å². The van der Waals surface area contributed by atoms with Crippen molar-refractivity contribution in [3.05, 3.63) is 34.4 Å². The van der Waals surface area contributed by atoms with Crippen molar-refractivity contribution in [2.75, 3.05) is 20.1 Å². The van der Waals surface area contributed by atoms with Crippen LogP contribution in [-0.2, 0) is 4.79 Å². The van der Waals surface area contributed by atoms with Crippen molar-refractivity contribution in [1.82, 2.24) is 10.2 Å². The number of aryl methyl sites for hydroxylation is 2. The molecular weight excluding hydrogens is 272 g/mol. The summed E-state index contributed by atoms with van der Waals surface area (Å²) in [5.74, 6) is -1.89. The predicted octanol–water partition coefficient (Wildman–Crippen LogP) is 1.21. The lowest BCUT2D eigenvalue weighted by Gasteiger charge is -2.22. The second kappa shape index (κ2) is 6.88. The summed E-state index contributed by atoms with van der Waals surface area (Å²) < 4.78 is 0. The van der Waals surface area contributed by atoms with E-state index >= 15 is 0 Å². The normalized spacial score (nSPS) is 10.1. The summed E-state index contributed by atoms with van der Waals surface area (Å²) in [7, 11) is 1.49. The summed E-state index contributed by atoms with van der Waals surface area (Å²) >= 11 is 0. The molecule has 0 spiro atoms. The highest BCUT2D eigenvalue weighted by molar-refractivity contribution is 6.07. The van der Waals surface area contributed by atoms with Crippen molar-refractivity contribution in [2.24, 2.45) is 0 Å². The summed E-state index contributed by atoms with van der Waals surface area (Å²) in [5, 5.41) is 11.8. The average Bonchev–Trinajstić information content (AvgIpc) is 2.45. The molecule has 2 amide bonds. The maximum atomic E-state index is 12.6. The van der Waals surface area contributed by atoms with E-state index in [0.717, 1.165) is 0 Å². The predicted molar refractivity (Wildman–Crippen MR) is 78.5 cm³/mol. The first-order valence-electron chi connectivity index (χ1n) is 6.66. The first kappa shape index (κ1) is 16.7. The molecule has 0 saturated heterocycles. The van der Waals surface area contributed by atoms with Crippen molar-refractivity contribution < 1.29 is 19.5 Å². The zero-order valence-corrected chi connectivity index (χ0v) is 12.7. The number of carboxylic acids is 1. The van der Waals surface area contributed by atoms with Crippen molar-refractivity contribution in [3.63, 3.8) is 0 Å². The molecule has 6 nitrogen and oxygen atoms in total. The molecule has 0 saturated carbocycles. The van der Waals surface area contributed by atoms with E-state index in [1.165, 1.54) is 11.9 Å². The quantitative estimate of drug-likeness (QED) is 0.854. The second-order valence-electron chi connectivity index (χ2n) is 4.75. The van der Waals surface area contributed by atoms with Gasteiger partial charge < -0.3 is 15.3 Å². The fraction of sp³-hybridized carbons (Fsp3) is 0.400. The molecule has 0 bridgehead atoms. The zero-order valence-electron chi connectivity index (χ0n) is 12.7. The van der Waals surface area contributed by atoms with Gasteiger partial charge in [0.2, 0.25) is 5.91 Å². The van der Waals surface area contributed by atoms with Gasteiger partial charge in [0.1, 0.15) is 0 Å². The van der Waals surface area contributed by atoms with Crippen LogP contribution in [0, 0.1) is 13.8 Å². The summed E-state index contributed by atoms with van der Waals surface area (Å²) in [5.41, 5.74) is 1.24. The van der Waals surface area contributed by atoms with E-state index in [9.17, 15) is 19.5 Å². The standard InChI is InChI=1S/C15H20N2O4/c1-5-17(8-11(18)16-4)14(19)12-9(2)6-7-10(3)13(12)15(20)21/h6-7H,5,8H2,1-4H3,(H,16,18)(H,20,21). The second-order valence-corrected chi connectivity index (χ2v) is 4.75. The van der Waals surface area contributed by atoms with Crippen LogP contribution in [0.4, 0.5) is 0 Å². The van der Waals surface area contributed by atoms with Gasteiger partial charge in [0.05, 0.1) is 17.7 Å². The van der Waals surface area contributed by atoms with E-state index in [1.807, 2.05) is 0 Å². The topological polar surface area (TPSA) is 86.7 Å². The highest BCUT2D eigenvalue weighted by Gasteiger charge is 2.25. The van der Waals surface area contributed by atoms with Crippen molar-refractivity contribution >= 4 is 17.8 Å². The molecule has 21 heavy (non-hydrogen) atoms. The van der Waals surface area contributed by atoms with Crippen LogP contribution in [0.15, 0.2) is 12.1 Å². The summed E-state index contributed by atoms with van der Waals surface area (Å²) in [6.07, 6.45) is 0. The average molecular weight is 292 g/mol. The Morgan fingerprint density at radius 3 is 2.10 bits per heavy atom. The van der Waals surface area contributed by atoms with E-state index in [0.29, 0.717) is 17.7 Å². The number of likely N-dealkylation sites (N-methyl/N-ethyl adjacent to an activating group) is 2. The highest BCUT2D eigenvalue weighted by atomic mass is 16.4. The Hall–Kier alpha value is -2.37. The Morgan fingerprint density at radius 2 is 1.67 bits per heavy atom. The smallest absolute Gasteiger partial charge is 0.336 e. The number of carboxylic acid groups (broad SMARTS) is 1. The molecule has 1 aromatic carbocycles. The summed E-state index contributed by atoms with van der Waals surface area (Å²) in [6.45, 7) is 5.30. The van der Waals surface area contributed by atoms with Gasteiger partial charge in [-0.05, 0) is 31.9 Å². The Labute approximate surface area is 123 Å². The third-order valence-corrected chi connectivity index (χ3v) is 3.33. The van der Waals surface area contributed by atoms with Gasteiger partial charge in [-0.25, -0.2) is 4.79 Å². The van der Waals surface area contributed by atoms with E-state index in [2.05, 4.69) is 5.32 Å². The van der Waals surface area contributed by atoms with Gasteiger partial charge in [0.15, 0.2) is 0 Å². The number of nitrogens with zero attached hydrogens (tertiary/aromatic N) is 1. The van der Waals surface area contributed by atoms with E-state index in [4.69, 9.17) is 0 Å². The lowest BCUT2D eigenvalue weighted by Crippen LogP contribution is -2.40. The Balaban J connectivity index is 3.31. The summed E-state index contributed by atoms with van der Waals surface area (Å²) in [4.78, 5) is 36.8. The molecule has 0 aliphatic carbocycles. The van der Waals surface area contributed by atoms with Gasteiger partial charge in [-0.2, -0.15) is 0 Å². The van der Waals surface area contributed by atoms with Crippen LogP contribution in [0.5, 0.6) is 0 Å². The third-order valence-electron chi connectivity index (χ3n) is 3.33. The first-order valence-corrected chi connectivity index (χ1v) is 6.66. The molecule has 0 radical (unpaired) electrons. The van der Waals surface area contributed by atoms with Crippen molar-refractivity contribution in [2.45, 2.75) is 20.8 Å².